The van der Waals surface area contributed by atoms with Crippen LogP contribution in [0.4, 0.5) is 28.0 Å². The minimum absolute atomic E-state index is 0.0657. The molecule has 0 aromatic heterocycles. The van der Waals surface area contributed by atoms with Gasteiger partial charge in [0.05, 0.1) is 16.3 Å². The van der Waals surface area contributed by atoms with Crippen molar-refractivity contribution in [2.45, 2.75) is 10.7 Å². The fraction of sp³-hybridized carbons (Fsp3) is 0.263. The standard InChI is InChI=1S/C19H17ClF4N2O4S/c1-29-9-25(15-7-6-11(8-14(15)22)31-18(23)24)19(28)26(10-30-2)17(27)16-12(20)4-3-5-13(16)21/h3-8,18H,9-10H2,1-2H3. The van der Waals surface area contributed by atoms with Gasteiger partial charge in [-0.05, 0) is 30.3 Å². The molecule has 0 bridgehead atoms. The fourth-order valence-electron chi connectivity index (χ4n) is 2.55. The average molecular weight is 481 g/mol. The van der Waals surface area contributed by atoms with Gasteiger partial charge in [0.2, 0.25) is 0 Å². The molecule has 0 aliphatic carbocycles. The number of alkyl halides is 2. The number of anilines is 1. The molecule has 6 nitrogen and oxygen atoms in total. The van der Waals surface area contributed by atoms with Crippen LogP contribution in [0.25, 0.3) is 0 Å². The first-order valence-corrected chi connectivity index (χ1v) is 9.76. The molecule has 0 radical (unpaired) electrons. The number of carbonyl (C=O) groups is 2. The van der Waals surface area contributed by atoms with Gasteiger partial charge >= 0.3 is 6.03 Å². The molecule has 0 aliphatic rings. The Balaban J connectivity index is 2.44. The minimum Gasteiger partial charge on any atom is -0.364 e. The van der Waals surface area contributed by atoms with E-state index >= 15 is 0 Å². The molecule has 0 saturated carbocycles. The Kier molecular flexibility index (Phi) is 9.11. The zero-order valence-corrected chi connectivity index (χ0v) is 17.9. The Labute approximate surface area is 184 Å². The summed E-state index contributed by atoms with van der Waals surface area (Å²) in [6, 6.07) is 5.51. The van der Waals surface area contributed by atoms with Crippen LogP contribution in [0.1, 0.15) is 10.4 Å². The smallest absolute Gasteiger partial charge is 0.335 e. The number of thioether (sulfide) groups is 1. The number of ether oxygens (including phenoxy) is 2. The molecule has 0 atom stereocenters. The SMILES string of the molecule is COCN(C(=O)c1c(F)cccc1Cl)C(=O)N(COC)c1ccc(SC(F)F)cc1F. The summed E-state index contributed by atoms with van der Waals surface area (Å²) in [6.45, 7) is -1.11. The molecule has 0 fully saturated rings. The molecule has 12 heteroatoms. The predicted molar refractivity (Wildman–Crippen MR) is 107 cm³/mol. The molecule has 0 heterocycles. The van der Waals surface area contributed by atoms with Crippen LogP contribution < -0.4 is 4.90 Å². The van der Waals surface area contributed by atoms with Crippen molar-refractivity contribution in [3.63, 3.8) is 0 Å². The van der Waals surface area contributed by atoms with Crippen LogP contribution in [0.15, 0.2) is 41.3 Å². The first-order valence-electron chi connectivity index (χ1n) is 8.50. The molecule has 2 aromatic rings. The number of urea groups is 1. The maximum atomic E-state index is 14.6. The third-order valence-electron chi connectivity index (χ3n) is 3.84. The van der Waals surface area contributed by atoms with Gasteiger partial charge in [0, 0.05) is 19.1 Å². The summed E-state index contributed by atoms with van der Waals surface area (Å²) in [5.41, 5.74) is -0.921. The highest BCUT2D eigenvalue weighted by Gasteiger charge is 2.32. The second-order valence-corrected chi connectivity index (χ2v) is 7.34. The fourth-order valence-corrected chi connectivity index (χ4v) is 3.32. The normalized spacial score (nSPS) is 11.0. The van der Waals surface area contributed by atoms with Gasteiger partial charge in [0.15, 0.2) is 0 Å². The summed E-state index contributed by atoms with van der Waals surface area (Å²) >= 11 is 6.04. The highest BCUT2D eigenvalue weighted by Crippen LogP contribution is 2.30. The molecule has 31 heavy (non-hydrogen) atoms. The van der Waals surface area contributed by atoms with Crippen molar-refractivity contribution in [2.24, 2.45) is 0 Å². The summed E-state index contributed by atoms with van der Waals surface area (Å²) in [5.74, 6) is -5.86. The van der Waals surface area contributed by atoms with Crippen molar-refractivity contribution in [1.82, 2.24) is 4.90 Å². The van der Waals surface area contributed by atoms with E-state index in [4.69, 9.17) is 21.1 Å². The van der Waals surface area contributed by atoms with E-state index in [1.807, 2.05) is 0 Å². The average Bonchev–Trinajstić information content (AvgIpc) is 2.69. The monoisotopic (exact) mass is 480 g/mol. The van der Waals surface area contributed by atoms with Gasteiger partial charge in [0.1, 0.15) is 25.1 Å². The molecule has 2 aromatic carbocycles. The highest BCUT2D eigenvalue weighted by molar-refractivity contribution is 7.99. The van der Waals surface area contributed by atoms with Crippen LogP contribution in [0, 0.1) is 11.6 Å². The van der Waals surface area contributed by atoms with Gasteiger partial charge in [0.25, 0.3) is 11.7 Å². The number of amides is 3. The van der Waals surface area contributed by atoms with Gasteiger partial charge in [-0.3, -0.25) is 9.69 Å². The van der Waals surface area contributed by atoms with E-state index in [0.717, 1.165) is 23.1 Å². The van der Waals surface area contributed by atoms with Crippen molar-refractivity contribution in [3.8, 4) is 0 Å². The van der Waals surface area contributed by atoms with Gasteiger partial charge < -0.3 is 9.47 Å². The molecule has 0 unspecified atom stereocenters. The third-order valence-corrected chi connectivity index (χ3v) is 4.85. The summed E-state index contributed by atoms with van der Waals surface area (Å²) < 4.78 is 63.7. The lowest BCUT2D eigenvalue weighted by Gasteiger charge is -2.29. The second kappa shape index (κ2) is 11.3. The lowest BCUT2D eigenvalue weighted by atomic mass is 10.2. The van der Waals surface area contributed by atoms with Crippen molar-refractivity contribution >= 4 is 41.0 Å². The Morgan fingerprint density at radius 3 is 2.29 bits per heavy atom. The Bertz CT molecular complexity index is 931. The largest absolute Gasteiger partial charge is 0.364 e. The lowest BCUT2D eigenvalue weighted by molar-refractivity contribution is 0.0529. The number of hydrogen-bond acceptors (Lipinski definition) is 5. The Hall–Kier alpha value is -2.34. The van der Waals surface area contributed by atoms with Crippen LogP contribution in [-0.2, 0) is 9.47 Å². The van der Waals surface area contributed by atoms with E-state index in [-0.39, 0.29) is 27.4 Å². The number of methoxy groups -OCH3 is 2. The summed E-state index contributed by atoms with van der Waals surface area (Å²) in [7, 11) is 2.41. The van der Waals surface area contributed by atoms with Crippen molar-refractivity contribution in [2.75, 3.05) is 32.6 Å². The summed E-state index contributed by atoms with van der Waals surface area (Å²) in [5, 5.41) is -0.239. The Morgan fingerprint density at radius 1 is 1.06 bits per heavy atom. The summed E-state index contributed by atoms with van der Waals surface area (Å²) in [4.78, 5) is 27.1. The molecule has 168 valence electrons. The number of halogens is 5. The van der Waals surface area contributed by atoms with E-state index in [2.05, 4.69) is 0 Å². The van der Waals surface area contributed by atoms with Gasteiger partial charge in [-0.2, -0.15) is 8.78 Å². The van der Waals surface area contributed by atoms with E-state index < -0.39 is 48.4 Å². The van der Waals surface area contributed by atoms with Gasteiger partial charge in [-0.15, -0.1) is 0 Å². The van der Waals surface area contributed by atoms with Crippen molar-refractivity contribution < 1.29 is 36.6 Å². The first-order chi connectivity index (χ1) is 14.7. The molecule has 0 spiro atoms. The maximum Gasteiger partial charge on any atom is 0.335 e. The third kappa shape index (κ3) is 6.10. The lowest BCUT2D eigenvalue weighted by Crippen LogP contribution is -2.48. The Morgan fingerprint density at radius 2 is 1.74 bits per heavy atom. The van der Waals surface area contributed by atoms with E-state index in [1.165, 1.54) is 32.4 Å². The highest BCUT2D eigenvalue weighted by atomic mass is 35.5. The van der Waals surface area contributed by atoms with Crippen LogP contribution in [0.2, 0.25) is 5.02 Å². The number of imide groups is 1. The molecule has 3 amide bonds. The molecular formula is C19H17ClF4N2O4S. The minimum atomic E-state index is -2.76. The van der Waals surface area contributed by atoms with E-state index in [1.54, 1.807) is 0 Å². The molecule has 2 rings (SSSR count). The van der Waals surface area contributed by atoms with Crippen molar-refractivity contribution in [1.29, 1.82) is 0 Å². The second-order valence-electron chi connectivity index (χ2n) is 5.87. The first kappa shape index (κ1) is 24.9. The van der Waals surface area contributed by atoms with Crippen LogP contribution in [-0.4, -0.2) is 50.3 Å². The van der Waals surface area contributed by atoms with Crippen molar-refractivity contribution in [3.05, 3.63) is 58.6 Å². The van der Waals surface area contributed by atoms with E-state index in [9.17, 15) is 27.2 Å². The van der Waals surface area contributed by atoms with Crippen LogP contribution >= 0.6 is 23.4 Å². The van der Waals surface area contributed by atoms with Crippen LogP contribution in [0.5, 0.6) is 0 Å². The maximum absolute atomic E-state index is 14.6. The predicted octanol–water partition coefficient (Wildman–Crippen LogP) is 5.21. The topological polar surface area (TPSA) is 59.1 Å². The summed E-state index contributed by atoms with van der Waals surface area (Å²) in [6.07, 6.45) is 0. The number of hydrogen-bond donors (Lipinski definition) is 0. The molecule has 0 saturated heterocycles. The zero-order valence-electron chi connectivity index (χ0n) is 16.3. The van der Waals surface area contributed by atoms with Gasteiger partial charge in [-0.25, -0.2) is 18.5 Å². The number of nitrogens with zero attached hydrogens (tertiary/aromatic N) is 2. The van der Waals surface area contributed by atoms with E-state index in [0.29, 0.717) is 4.90 Å². The number of rotatable bonds is 8. The zero-order chi connectivity index (χ0) is 23.1. The quantitative estimate of drug-likeness (QED) is 0.295. The number of benzene rings is 2. The number of carbonyl (C=O) groups excluding carboxylic acids is 2. The molecule has 0 aliphatic heterocycles. The van der Waals surface area contributed by atoms with Crippen LogP contribution in [0.3, 0.4) is 0 Å². The molecular weight excluding hydrogens is 464 g/mol. The molecule has 0 N–H and O–H groups in total. The van der Waals surface area contributed by atoms with Gasteiger partial charge in [-0.1, -0.05) is 29.4 Å².